The van der Waals surface area contributed by atoms with E-state index in [1.807, 2.05) is 0 Å². The molecular weight excluding hydrogens is 252 g/mol. The zero-order valence-electron chi connectivity index (χ0n) is 10.3. The van der Waals surface area contributed by atoms with E-state index in [-0.39, 0.29) is 19.7 Å². The molecule has 2 rings (SSSR count). The molecule has 19 heavy (non-hydrogen) atoms. The van der Waals surface area contributed by atoms with Crippen LogP contribution in [0.2, 0.25) is 0 Å². The van der Waals surface area contributed by atoms with Gasteiger partial charge in [-0.05, 0) is 12.8 Å². The maximum Gasteiger partial charge on any atom is 0.139 e. The zero-order chi connectivity index (χ0) is 13.7. The molecule has 2 N–H and O–H groups in total. The van der Waals surface area contributed by atoms with E-state index in [9.17, 15) is 15.0 Å². The molecule has 104 valence electrons. The summed E-state index contributed by atoms with van der Waals surface area (Å²) in [4.78, 5) is 18.3. The number of hydrogen-bond donors (Lipinski definition) is 2. The molecule has 0 bridgehead atoms. The van der Waals surface area contributed by atoms with Gasteiger partial charge in [-0.25, -0.2) is 4.98 Å². The summed E-state index contributed by atoms with van der Waals surface area (Å²) in [5.41, 5.74) is 0.524. The van der Waals surface area contributed by atoms with Crippen molar-refractivity contribution in [1.29, 1.82) is 0 Å². The molecule has 0 aliphatic carbocycles. The minimum absolute atomic E-state index is 0.0222. The first-order valence-corrected chi connectivity index (χ1v) is 5.94. The molecule has 8 nitrogen and oxygen atoms in total. The number of fused-ring (bicyclic) bond motifs is 1. The topological polar surface area (TPSA) is 112 Å². The van der Waals surface area contributed by atoms with Gasteiger partial charge in [0, 0.05) is 12.6 Å². The fourth-order valence-corrected chi connectivity index (χ4v) is 1.72. The number of nitrogens with zero attached hydrogens (tertiary/aromatic N) is 3. The van der Waals surface area contributed by atoms with Gasteiger partial charge in [0.05, 0.1) is 19.2 Å². The monoisotopic (exact) mass is 267 g/mol. The molecule has 2 heterocycles. The molecule has 1 unspecified atom stereocenters. The lowest BCUT2D eigenvalue weighted by atomic mass is 10.2. The molecule has 0 spiro atoms. The summed E-state index contributed by atoms with van der Waals surface area (Å²) >= 11 is 0. The van der Waals surface area contributed by atoms with E-state index < -0.39 is 12.1 Å². The molecule has 1 aliphatic rings. The number of carboxylic acids is 1. The Labute approximate surface area is 109 Å². The SMILES string of the molecule is O=C([O-])CCCOCn1cnc2c1NC=NCC2O. The minimum atomic E-state index is -1.08. The maximum absolute atomic E-state index is 10.2. The molecule has 0 saturated heterocycles. The normalized spacial score (nSPS) is 17.6. The minimum Gasteiger partial charge on any atom is -0.550 e. The first-order chi connectivity index (χ1) is 9.18. The smallest absolute Gasteiger partial charge is 0.139 e. The molecule has 0 aromatic carbocycles. The summed E-state index contributed by atoms with van der Waals surface area (Å²) < 4.78 is 7.03. The molecule has 0 radical (unpaired) electrons. The average molecular weight is 267 g/mol. The van der Waals surface area contributed by atoms with Crippen molar-refractivity contribution in [2.24, 2.45) is 4.99 Å². The Hall–Kier alpha value is -1.93. The molecular formula is C11H15N4O4-. The summed E-state index contributed by atoms with van der Waals surface area (Å²) in [5.74, 6) is -0.449. The van der Waals surface area contributed by atoms with Gasteiger partial charge in [-0.3, -0.25) is 9.56 Å². The number of aliphatic imine (C=N–C) groups is 1. The van der Waals surface area contributed by atoms with Crippen LogP contribution in [0.3, 0.4) is 0 Å². The summed E-state index contributed by atoms with van der Waals surface area (Å²) in [5, 5.41) is 22.9. The third-order valence-corrected chi connectivity index (χ3v) is 2.65. The van der Waals surface area contributed by atoms with Gasteiger partial charge >= 0.3 is 0 Å². The lowest BCUT2D eigenvalue weighted by Crippen LogP contribution is -2.22. The van der Waals surface area contributed by atoms with Crippen molar-refractivity contribution in [1.82, 2.24) is 9.55 Å². The third-order valence-electron chi connectivity index (χ3n) is 2.65. The number of ether oxygens (including phenoxy) is 1. The lowest BCUT2D eigenvalue weighted by Gasteiger charge is -2.10. The number of imidazole rings is 1. The summed E-state index contributed by atoms with van der Waals surface area (Å²) in [7, 11) is 0. The molecule has 8 heteroatoms. The third kappa shape index (κ3) is 3.52. The van der Waals surface area contributed by atoms with Crippen LogP contribution in [0.15, 0.2) is 11.3 Å². The van der Waals surface area contributed by atoms with E-state index >= 15 is 0 Å². The number of carbonyl (C=O) groups excluding carboxylic acids is 1. The van der Waals surface area contributed by atoms with Crippen molar-refractivity contribution in [3.05, 3.63) is 12.0 Å². The second-order valence-corrected chi connectivity index (χ2v) is 4.12. The van der Waals surface area contributed by atoms with Crippen molar-refractivity contribution in [3.8, 4) is 0 Å². The van der Waals surface area contributed by atoms with Crippen molar-refractivity contribution >= 4 is 18.1 Å². The summed E-state index contributed by atoms with van der Waals surface area (Å²) in [6.07, 6.45) is 2.70. The van der Waals surface area contributed by atoms with Crippen LogP contribution in [0.5, 0.6) is 0 Å². The number of carboxylic acid groups (broad SMARTS) is 1. The predicted octanol–water partition coefficient (Wildman–Crippen LogP) is -1.13. The van der Waals surface area contributed by atoms with Gasteiger partial charge in [0.15, 0.2) is 0 Å². The quantitative estimate of drug-likeness (QED) is 0.631. The molecule has 0 fully saturated rings. The van der Waals surface area contributed by atoms with Crippen molar-refractivity contribution < 1.29 is 19.7 Å². The van der Waals surface area contributed by atoms with Gasteiger partial charge in [-0.15, -0.1) is 0 Å². The Kier molecular flexibility index (Phi) is 4.48. The summed E-state index contributed by atoms with van der Waals surface area (Å²) in [6, 6.07) is 0. The van der Waals surface area contributed by atoms with Gasteiger partial charge in [0.1, 0.15) is 24.3 Å². The fourth-order valence-electron chi connectivity index (χ4n) is 1.72. The van der Waals surface area contributed by atoms with E-state index in [0.29, 0.717) is 24.5 Å². The number of aliphatic hydroxyl groups is 1. The van der Waals surface area contributed by atoms with E-state index in [1.54, 1.807) is 10.9 Å². The Bertz CT molecular complexity index is 471. The fraction of sp³-hybridized carbons (Fsp3) is 0.545. The van der Waals surface area contributed by atoms with Crippen LogP contribution in [0.25, 0.3) is 0 Å². The number of nitrogens with one attached hydrogen (secondary N) is 1. The van der Waals surface area contributed by atoms with E-state index in [0.717, 1.165) is 0 Å². The van der Waals surface area contributed by atoms with Gasteiger partial charge in [-0.2, -0.15) is 0 Å². The predicted molar refractivity (Wildman–Crippen MR) is 64.4 cm³/mol. The number of carbonyl (C=O) groups is 1. The first-order valence-electron chi connectivity index (χ1n) is 5.94. The average Bonchev–Trinajstić information content (AvgIpc) is 2.67. The number of hydrogen-bond acceptors (Lipinski definition) is 7. The van der Waals surface area contributed by atoms with Crippen molar-refractivity contribution in [2.45, 2.75) is 25.7 Å². The van der Waals surface area contributed by atoms with Crippen LogP contribution < -0.4 is 10.4 Å². The van der Waals surface area contributed by atoms with Gasteiger partial charge in [-0.1, -0.05) is 0 Å². The van der Waals surface area contributed by atoms with E-state index in [1.165, 1.54) is 6.34 Å². The van der Waals surface area contributed by atoms with Crippen LogP contribution in [0, 0.1) is 0 Å². The zero-order valence-corrected chi connectivity index (χ0v) is 10.3. The number of aliphatic hydroxyl groups excluding tert-OH is 1. The first kappa shape index (κ1) is 13.5. The van der Waals surface area contributed by atoms with Crippen LogP contribution in [-0.2, 0) is 16.3 Å². The highest BCUT2D eigenvalue weighted by Crippen LogP contribution is 2.23. The van der Waals surface area contributed by atoms with Crippen LogP contribution in [0.1, 0.15) is 24.6 Å². The van der Waals surface area contributed by atoms with Crippen molar-refractivity contribution in [2.75, 3.05) is 18.5 Å². The number of anilines is 1. The highest BCUT2D eigenvalue weighted by molar-refractivity contribution is 5.76. The van der Waals surface area contributed by atoms with E-state index in [2.05, 4.69) is 15.3 Å². The Morgan fingerprint density at radius 1 is 1.68 bits per heavy atom. The molecule has 1 aliphatic heterocycles. The number of rotatable bonds is 6. The van der Waals surface area contributed by atoms with Crippen LogP contribution >= 0.6 is 0 Å². The molecule has 0 amide bonds. The van der Waals surface area contributed by atoms with Gasteiger partial charge < -0.3 is 25.1 Å². The Balaban J connectivity index is 1.88. The Morgan fingerprint density at radius 3 is 3.32 bits per heavy atom. The lowest BCUT2D eigenvalue weighted by molar-refractivity contribution is -0.306. The largest absolute Gasteiger partial charge is 0.550 e. The Morgan fingerprint density at radius 2 is 2.53 bits per heavy atom. The molecule has 0 saturated carbocycles. The highest BCUT2D eigenvalue weighted by Gasteiger charge is 2.19. The van der Waals surface area contributed by atoms with Crippen LogP contribution in [0.4, 0.5) is 5.82 Å². The van der Waals surface area contributed by atoms with Crippen LogP contribution in [-0.4, -0.2) is 40.1 Å². The second kappa shape index (κ2) is 6.30. The summed E-state index contributed by atoms with van der Waals surface area (Å²) in [6.45, 7) is 0.810. The molecule has 1 aromatic heterocycles. The molecule has 1 aromatic rings. The van der Waals surface area contributed by atoms with E-state index in [4.69, 9.17) is 4.74 Å². The van der Waals surface area contributed by atoms with Gasteiger partial charge in [0.25, 0.3) is 0 Å². The highest BCUT2D eigenvalue weighted by atomic mass is 16.5. The number of aliphatic carboxylic acids is 1. The maximum atomic E-state index is 10.2. The second-order valence-electron chi connectivity index (χ2n) is 4.12. The molecule has 1 atom stereocenters. The standard InChI is InChI=1S/C11H16N4O4/c16-8-4-12-5-13-11-10(8)14-6-15(11)7-19-3-1-2-9(17)18/h5-6,8,16H,1-4,7H2,(H,12,13)(H,17,18)/p-1. The van der Waals surface area contributed by atoms with Crippen molar-refractivity contribution in [3.63, 3.8) is 0 Å². The number of aromatic nitrogens is 2. The van der Waals surface area contributed by atoms with Gasteiger partial charge in [0.2, 0.25) is 0 Å².